The Balaban J connectivity index is 1.68. The van der Waals surface area contributed by atoms with Crippen molar-refractivity contribution >= 4 is 39.0 Å². The summed E-state index contributed by atoms with van der Waals surface area (Å²) < 4.78 is 53.1. The molecule has 1 aromatic heterocycles. The van der Waals surface area contributed by atoms with Crippen LogP contribution in [0.5, 0.6) is 11.5 Å². The highest BCUT2D eigenvalue weighted by Crippen LogP contribution is 2.28. The maximum absolute atomic E-state index is 14.4. The predicted octanol–water partition coefficient (Wildman–Crippen LogP) is 3.58. The number of carbonyl (C=O) groups is 2. The first-order chi connectivity index (χ1) is 20.1. The number of rotatable bonds is 11. The van der Waals surface area contributed by atoms with Crippen molar-refractivity contribution in [3.8, 4) is 11.5 Å². The molecule has 0 spiro atoms. The Morgan fingerprint density at radius 2 is 1.67 bits per heavy atom. The molecule has 4 rings (SSSR count). The second-order valence-corrected chi connectivity index (χ2v) is 11.4. The minimum absolute atomic E-state index is 0.192. The number of hydrogen-bond acceptors (Lipinski definition) is 6. The Morgan fingerprint density at radius 3 is 2.36 bits per heavy atom. The molecule has 0 saturated carbocycles. The van der Waals surface area contributed by atoms with E-state index in [4.69, 9.17) is 9.47 Å². The highest BCUT2D eigenvalue weighted by Gasteiger charge is 2.22. The molecule has 1 heterocycles. The van der Waals surface area contributed by atoms with E-state index >= 15 is 0 Å². The van der Waals surface area contributed by atoms with Crippen molar-refractivity contribution in [1.82, 2.24) is 18.9 Å². The van der Waals surface area contributed by atoms with E-state index < -0.39 is 27.8 Å². The molecule has 0 saturated heterocycles. The average molecular weight is 595 g/mol. The molecule has 0 atom stereocenters. The fourth-order valence-electron chi connectivity index (χ4n) is 4.26. The summed E-state index contributed by atoms with van der Waals surface area (Å²) >= 11 is 0. The molecule has 220 valence electrons. The van der Waals surface area contributed by atoms with Crippen LogP contribution in [0.4, 0.5) is 4.39 Å². The molecule has 2 N–H and O–H groups in total. The number of nitrogens with one attached hydrogen (secondary N) is 2. The van der Waals surface area contributed by atoms with E-state index in [9.17, 15) is 22.4 Å². The molecule has 0 aliphatic rings. The number of nitrogens with zero attached hydrogens (tertiary/aromatic N) is 2. The zero-order chi connectivity index (χ0) is 30.4. The van der Waals surface area contributed by atoms with E-state index in [-0.39, 0.29) is 17.8 Å². The number of para-hydroxylation sites is 1. The van der Waals surface area contributed by atoms with E-state index in [1.807, 2.05) is 6.07 Å². The second-order valence-electron chi connectivity index (χ2n) is 9.37. The number of amides is 2. The van der Waals surface area contributed by atoms with Crippen LogP contribution >= 0.6 is 0 Å². The van der Waals surface area contributed by atoms with Crippen LogP contribution in [0.15, 0.2) is 78.6 Å². The molecule has 0 aliphatic carbocycles. The molecule has 42 heavy (non-hydrogen) atoms. The van der Waals surface area contributed by atoms with Gasteiger partial charge in [-0.3, -0.25) is 9.59 Å². The van der Waals surface area contributed by atoms with Crippen molar-refractivity contribution < 1.29 is 31.9 Å². The van der Waals surface area contributed by atoms with Crippen LogP contribution in [0, 0.1) is 5.82 Å². The third-order valence-corrected chi connectivity index (χ3v) is 8.20. The number of halogens is 1. The lowest BCUT2D eigenvalue weighted by Gasteiger charge is -2.13. The van der Waals surface area contributed by atoms with Gasteiger partial charge in [0.05, 0.1) is 25.3 Å². The molecule has 12 heteroatoms. The van der Waals surface area contributed by atoms with Crippen molar-refractivity contribution in [2.45, 2.75) is 6.42 Å². The third-order valence-electron chi connectivity index (χ3n) is 6.48. The Hall–Kier alpha value is -4.68. The Bertz CT molecular complexity index is 1760. The molecule has 4 aromatic rings. The maximum atomic E-state index is 14.4. The molecule has 0 unspecified atom stereocenters. The first-order valence-corrected chi connectivity index (χ1v) is 14.3. The van der Waals surface area contributed by atoms with E-state index in [0.29, 0.717) is 34.4 Å². The SMILES string of the molecule is COc1ccc(CCNC(=O)C(=Cc2cn(S(=O)(=O)N(C)C)c3ccccc23)NC(=O)c2ccccc2F)cc1OC. The number of benzene rings is 3. The molecule has 2 amide bonds. The molecular weight excluding hydrogens is 563 g/mol. The quantitative estimate of drug-likeness (QED) is 0.256. The zero-order valence-corrected chi connectivity index (χ0v) is 24.4. The van der Waals surface area contributed by atoms with Crippen molar-refractivity contribution in [3.63, 3.8) is 0 Å². The monoisotopic (exact) mass is 594 g/mol. The normalized spacial score (nSPS) is 11.9. The van der Waals surface area contributed by atoms with Gasteiger partial charge in [-0.2, -0.15) is 12.7 Å². The van der Waals surface area contributed by atoms with Crippen LogP contribution in [0.3, 0.4) is 0 Å². The lowest BCUT2D eigenvalue weighted by Crippen LogP contribution is -2.36. The van der Waals surface area contributed by atoms with Crippen molar-refractivity contribution in [1.29, 1.82) is 0 Å². The number of fused-ring (bicyclic) bond motifs is 1. The molecule has 10 nitrogen and oxygen atoms in total. The van der Waals surface area contributed by atoms with Crippen LogP contribution in [-0.2, 0) is 21.4 Å². The van der Waals surface area contributed by atoms with Gasteiger partial charge in [-0.25, -0.2) is 8.36 Å². The number of methoxy groups -OCH3 is 2. The van der Waals surface area contributed by atoms with Gasteiger partial charge in [-0.1, -0.05) is 36.4 Å². The number of carbonyl (C=O) groups excluding carboxylic acids is 2. The summed E-state index contributed by atoms with van der Waals surface area (Å²) in [6, 6.07) is 17.5. The highest BCUT2D eigenvalue weighted by molar-refractivity contribution is 7.87. The molecule has 0 aliphatic heterocycles. The van der Waals surface area contributed by atoms with Gasteiger partial charge >= 0.3 is 10.2 Å². The summed E-state index contributed by atoms with van der Waals surface area (Å²) in [5.74, 6) is -1.12. The van der Waals surface area contributed by atoms with E-state index in [2.05, 4.69) is 10.6 Å². The van der Waals surface area contributed by atoms with Gasteiger partial charge in [0.25, 0.3) is 11.8 Å². The molecule has 0 radical (unpaired) electrons. The molecular formula is C30H31FN4O6S. The second kappa shape index (κ2) is 12.9. The molecule has 0 fully saturated rings. The van der Waals surface area contributed by atoms with Gasteiger partial charge in [-0.05, 0) is 48.4 Å². The van der Waals surface area contributed by atoms with Crippen molar-refractivity contribution in [2.75, 3.05) is 34.9 Å². The van der Waals surface area contributed by atoms with E-state index in [0.717, 1.165) is 19.9 Å². The molecule has 3 aromatic carbocycles. The average Bonchev–Trinajstić information content (AvgIpc) is 3.35. The Labute approximate surface area is 243 Å². The van der Waals surface area contributed by atoms with Crippen LogP contribution < -0.4 is 20.1 Å². The smallest absolute Gasteiger partial charge is 0.307 e. The van der Waals surface area contributed by atoms with Gasteiger partial charge in [0.15, 0.2) is 11.5 Å². The molecule has 0 bridgehead atoms. The Kier molecular flexibility index (Phi) is 9.28. The largest absolute Gasteiger partial charge is 0.493 e. The van der Waals surface area contributed by atoms with Crippen LogP contribution in [-0.4, -0.2) is 63.4 Å². The van der Waals surface area contributed by atoms with Gasteiger partial charge in [-0.15, -0.1) is 0 Å². The van der Waals surface area contributed by atoms with E-state index in [1.54, 1.807) is 36.4 Å². The zero-order valence-electron chi connectivity index (χ0n) is 23.5. The van der Waals surface area contributed by atoms with Gasteiger partial charge in [0.2, 0.25) is 0 Å². The first kappa shape index (κ1) is 30.3. The first-order valence-electron chi connectivity index (χ1n) is 12.9. The van der Waals surface area contributed by atoms with Crippen LogP contribution in [0.1, 0.15) is 21.5 Å². The summed E-state index contributed by atoms with van der Waals surface area (Å²) in [6.45, 7) is 0.192. The maximum Gasteiger partial charge on any atom is 0.307 e. The van der Waals surface area contributed by atoms with Crippen LogP contribution in [0.2, 0.25) is 0 Å². The number of ether oxygens (including phenoxy) is 2. The third kappa shape index (κ3) is 6.45. The highest BCUT2D eigenvalue weighted by atomic mass is 32.2. The standard InChI is InChI=1S/C30H31FN4O6S/c1-34(2)42(38,39)35-19-21(22-9-6-8-12-26(22)35)18-25(33-29(36)23-10-5-7-11-24(23)31)30(37)32-16-15-20-13-14-27(40-3)28(17-20)41-4/h5-14,17-19H,15-16H2,1-4H3,(H,32,37)(H,33,36). The van der Waals surface area contributed by atoms with Gasteiger partial charge in [0.1, 0.15) is 11.5 Å². The van der Waals surface area contributed by atoms with Gasteiger partial charge in [0, 0.05) is 37.8 Å². The summed E-state index contributed by atoms with van der Waals surface area (Å²) in [7, 11) is 1.98. The number of hydrogen-bond donors (Lipinski definition) is 2. The Morgan fingerprint density at radius 1 is 0.976 bits per heavy atom. The topological polar surface area (TPSA) is 119 Å². The minimum atomic E-state index is -3.90. The minimum Gasteiger partial charge on any atom is -0.493 e. The lowest BCUT2D eigenvalue weighted by atomic mass is 10.1. The van der Waals surface area contributed by atoms with Crippen LogP contribution in [0.25, 0.3) is 17.0 Å². The lowest BCUT2D eigenvalue weighted by molar-refractivity contribution is -0.117. The summed E-state index contributed by atoms with van der Waals surface area (Å²) in [6.07, 6.45) is 3.17. The predicted molar refractivity (Wildman–Crippen MR) is 158 cm³/mol. The van der Waals surface area contributed by atoms with Crippen molar-refractivity contribution in [3.05, 3.63) is 101 Å². The summed E-state index contributed by atoms with van der Waals surface area (Å²) in [5, 5.41) is 5.80. The fraction of sp³-hybridized carbons (Fsp3) is 0.200. The van der Waals surface area contributed by atoms with Gasteiger partial charge < -0.3 is 20.1 Å². The summed E-state index contributed by atoms with van der Waals surface area (Å²) in [4.78, 5) is 26.4. The fourth-order valence-corrected chi connectivity index (χ4v) is 5.26. The van der Waals surface area contributed by atoms with E-state index in [1.165, 1.54) is 58.8 Å². The summed E-state index contributed by atoms with van der Waals surface area (Å²) in [5.41, 5.74) is 1.16. The number of aromatic nitrogens is 1. The van der Waals surface area contributed by atoms with Crippen molar-refractivity contribution in [2.24, 2.45) is 0 Å².